The van der Waals surface area contributed by atoms with Crippen LogP contribution in [0.5, 0.6) is 0 Å². The molecular weight excluding hydrogens is 441 g/mol. The van der Waals surface area contributed by atoms with Crippen molar-refractivity contribution in [1.82, 2.24) is 0 Å². The summed E-state index contributed by atoms with van der Waals surface area (Å²) in [5.41, 5.74) is 1.10. The average molecular weight is 472 g/mol. The van der Waals surface area contributed by atoms with Gasteiger partial charge in [0.25, 0.3) is 0 Å². The molecule has 1 nitrogen and oxygen atoms in total. The van der Waals surface area contributed by atoms with Gasteiger partial charge in [0.15, 0.2) is 0 Å². The second-order valence-corrected chi connectivity index (χ2v) is 19.1. The van der Waals surface area contributed by atoms with Crippen molar-refractivity contribution in [2.24, 2.45) is 4.74 Å². The summed E-state index contributed by atoms with van der Waals surface area (Å²) in [5, 5.41) is 5.03. The van der Waals surface area contributed by atoms with Crippen LogP contribution < -0.4 is 15.9 Å². The Kier molecular flexibility index (Phi) is 7.20. The highest BCUT2D eigenvalue weighted by atomic mass is 32.2. The van der Waals surface area contributed by atoms with Crippen LogP contribution in [-0.4, -0.2) is 13.5 Å². The number of benzene rings is 4. The number of thioether (sulfide) groups is 1. The highest BCUT2D eigenvalue weighted by Gasteiger charge is 2.28. The molecule has 0 saturated heterocycles. The molecule has 0 radical (unpaired) electrons. The van der Waals surface area contributed by atoms with Gasteiger partial charge in [0.1, 0.15) is 0 Å². The fourth-order valence-corrected chi connectivity index (χ4v) is 10.1. The van der Waals surface area contributed by atoms with Crippen molar-refractivity contribution >= 4 is 48.5 Å². The molecule has 0 saturated carbocycles. The summed E-state index contributed by atoms with van der Waals surface area (Å²) in [4.78, 5) is 1.28. The predicted octanol–water partition coefficient (Wildman–Crippen LogP) is 7.47. The lowest BCUT2D eigenvalue weighted by molar-refractivity contribution is 1.39. The molecule has 0 aliphatic rings. The van der Waals surface area contributed by atoms with Gasteiger partial charge in [-0.1, -0.05) is 123 Å². The number of hydrogen-bond donors (Lipinski definition) is 0. The molecular formula is C28H30NPSSi. The van der Waals surface area contributed by atoms with Crippen LogP contribution in [0.25, 0.3) is 0 Å². The molecule has 0 unspecified atom stereocenters. The Bertz CT molecular complexity index is 1100. The molecule has 4 aromatic rings. The second-order valence-electron chi connectivity index (χ2n) is 9.06. The molecule has 0 heterocycles. The predicted molar refractivity (Wildman–Crippen MR) is 148 cm³/mol. The van der Waals surface area contributed by atoms with Crippen LogP contribution in [0.3, 0.4) is 0 Å². The molecule has 0 N–H and O–H groups in total. The minimum Gasteiger partial charge on any atom is -0.253 e. The Morgan fingerprint density at radius 2 is 1.00 bits per heavy atom. The van der Waals surface area contributed by atoms with Gasteiger partial charge in [-0.15, -0.1) is 11.8 Å². The van der Waals surface area contributed by atoms with Crippen LogP contribution >= 0.6 is 18.8 Å². The molecule has 0 atom stereocenters. The van der Waals surface area contributed by atoms with Gasteiger partial charge in [-0.2, -0.15) is 0 Å². The summed E-state index contributed by atoms with van der Waals surface area (Å²) < 4.78 is 5.71. The van der Waals surface area contributed by atoms with E-state index in [4.69, 9.17) is 4.74 Å². The van der Waals surface area contributed by atoms with Crippen LogP contribution in [0, 0.1) is 0 Å². The Morgan fingerprint density at radius 3 is 1.44 bits per heavy atom. The molecule has 0 spiro atoms. The third-order valence-corrected chi connectivity index (χ3v) is 13.5. The van der Waals surface area contributed by atoms with Gasteiger partial charge in [-0.25, -0.2) is 0 Å². The van der Waals surface area contributed by atoms with Crippen molar-refractivity contribution in [1.29, 1.82) is 0 Å². The van der Waals surface area contributed by atoms with Gasteiger partial charge in [-0.05, 0) is 17.5 Å². The van der Waals surface area contributed by atoms with Crippen molar-refractivity contribution in [2.45, 2.75) is 24.5 Å². The molecule has 4 aromatic carbocycles. The van der Waals surface area contributed by atoms with E-state index >= 15 is 0 Å². The van der Waals surface area contributed by atoms with E-state index in [9.17, 15) is 0 Å². The van der Waals surface area contributed by atoms with Gasteiger partial charge >= 0.3 is 0 Å². The molecule has 32 heavy (non-hydrogen) atoms. The third kappa shape index (κ3) is 5.18. The Labute approximate surface area is 198 Å². The molecule has 0 fully saturated rings. The lowest BCUT2D eigenvalue weighted by atomic mass is 10.3. The van der Waals surface area contributed by atoms with Crippen LogP contribution in [0.1, 0.15) is 0 Å². The van der Waals surface area contributed by atoms with Crippen molar-refractivity contribution < 1.29 is 0 Å². The number of rotatable bonds is 7. The molecule has 4 rings (SSSR count). The topological polar surface area (TPSA) is 12.4 Å². The van der Waals surface area contributed by atoms with Gasteiger partial charge in [0.05, 0.1) is 20.8 Å². The SMILES string of the molecule is C[Si](C)(C)CSc1ccccc1N=P(c1ccccc1)(c1ccccc1)c1ccccc1. The Morgan fingerprint density at radius 1 is 0.594 bits per heavy atom. The highest BCUT2D eigenvalue weighted by molar-refractivity contribution is 8.01. The van der Waals surface area contributed by atoms with Gasteiger partial charge in [-0.3, -0.25) is 4.74 Å². The van der Waals surface area contributed by atoms with Crippen molar-refractivity contribution in [3.05, 3.63) is 115 Å². The molecule has 0 amide bonds. The number of nitrogens with zero attached hydrogens (tertiary/aromatic N) is 1. The van der Waals surface area contributed by atoms with E-state index in [1.165, 1.54) is 26.2 Å². The number of hydrogen-bond acceptors (Lipinski definition) is 2. The molecule has 162 valence electrons. The largest absolute Gasteiger partial charge is 0.253 e. The van der Waals surface area contributed by atoms with Crippen LogP contribution in [-0.2, 0) is 0 Å². The highest BCUT2D eigenvalue weighted by Crippen LogP contribution is 2.50. The van der Waals surface area contributed by atoms with Crippen LogP contribution in [0.2, 0.25) is 19.6 Å². The maximum Gasteiger partial charge on any atom is 0.0760 e. The second kappa shape index (κ2) is 10.1. The minimum absolute atomic E-state index is 1.10. The Hall–Kier alpha value is -2.32. The monoisotopic (exact) mass is 471 g/mol. The van der Waals surface area contributed by atoms with E-state index in [0.717, 1.165) is 5.69 Å². The van der Waals surface area contributed by atoms with Crippen molar-refractivity contribution in [3.63, 3.8) is 0 Å². The summed E-state index contributed by atoms with van der Waals surface area (Å²) in [6, 6.07) is 41.2. The molecule has 0 aliphatic heterocycles. The maximum absolute atomic E-state index is 5.71. The first kappa shape index (κ1) is 22.9. The molecule has 0 aromatic heterocycles. The molecule has 4 heteroatoms. The summed E-state index contributed by atoms with van der Waals surface area (Å²) in [6.45, 7) is 7.28. The molecule has 0 bridgehead atoms. The van der Waals surface area contributed by atoms with Crippen LogP contribution in [0.4, 0.5) is 5.69 Å². The molecule has 0 aliphatic carbocycles. The van der Waals surface area contributed by atoms with Crippen molar-refractivity contribution in [3.8, 4) is 0 Å². The zero-order valence-corrected chi connectivity index (χ0v) is 21.7. The van der Waals surface area contributed by atoms with Gasteiger partial charge < -0.3 is 0 Å². The van der Waals surface area contributed by atoms with Crippen molar-refractivity contribution in [2.75, 3.05) is 5.38 Å². The summed E-state index contributed by atoms with van der Waals surface area (Å²) in [7, 11) is -3.43. The zero-order chi connectivity index (χ0) is 22.4. The fourth-order valence-electron chi connectivity index (χ4n) is 3.67. The van der Waals surface area contributed by atoms with E-state index in [1.807, 2.05) is 11.8 Å². The normalized spacial score (nSPS) is 11.8. The average Bonchev–Trinajstić information content (AvgIpc) is 2.83. The van der Waals surface area contributed by atoms with E-state index in [2.05, 4.69) is 135 Å². The third-order valence-electron chi connectivity index (χ3n) is 5.17. The lowest BCUT2D eigenvalue weighted by Crippen LogP contribution is -2.25. The Balaban J connectivity index is 2.03. The first-order valence-corrected chi connectivity index (χ1v) is 17.4. The van der Waals surface area contributed by atoms with Gasteiger partial charge in [0.2, 0.25) is 0 Å². The quantitative estimate of drug-likeness (QED) is 0.155. The van der Waals surface area contributed by atoms with E-state index in [0.29, 0.717) is 0 Å². The van der Waals surface area contributed by atoms with E-state index in [1.54, 1.807) is 0 Å². The summed E-state index contributed by atoms with van der Waals surface area (Å²) in [5.74, 6) is 0. The minimum atomic E-state index is -2.24. The lowest BCUT2D eigenvalue weighted by Gasteiger charge is -2.27. The summed E-state index contributed by atoms with van der Waals surface area (Å²) >= 11 is 1.97. The van der Waals surface area contributed by atoms with E-state index in [-0.39, 0.29) is 0 Å². The summed E-state index contributed by atoms with van der Waals surface area (Å²) in [6.07, 6.45) is 0. The first-order chi connectivity index (χ1) is 15.5. The van der Waals surface area contributed by atoms with E-state index < -0.39 is 15.1 Å². The zero-order valence-electron chi connectivity index (χ0n) is 19.0. The first-order valence-electron chi connectivity index (χ1n) is 11.0. The maximum atomic E-state index is 5.71. The van der Waals surface area contributed by atoms with Gasteiger partial charge in [0, 0.05) is 20.8 Å². The smallest absolute Gasteiger partial charge is 0.0760 e. The standard InChI is InChI=1S/C28H30NPSSi/c1-32(2,3)23-31-28-22-14-13-21-27(28)29-30(24-15-7-4-8-16-24,25-17-9-5-10-18-25)26-19-11-6-12-20-26/h4-22H,23H2,1-3H3. The van der Waals surface area contributed by atoms with Crippen LogP contribution in [0.15, 0.2) is 125 Å². The fraction of sp³-hybridized carbons (Fsp3) is 0.143.